The molecule has 112 valence electrons. The van der Waals surface area contributed by atoms with Crippen molar-refractivity contribution in [2.24, 2.45) is 17.8 Å². The molecule has 1 aliphatic heterocycles. The molecule has 0 spiro atoms. The van der Waals surface area contributed by atoms with Gasteiger partial charge in [0.1, 0.15) is 0 Å². The Bertz CT molecular complexity index is 372. The van der Waals surface area contributed by atoms with E-state index in [9.17, 15) is 9.59 Å². The number of carbonyl (C=O) groups excluding carboxylic acids is 2. The van der Waals surface area contributed by atoms with Gasteiger partial charge in [-0.15, -0.1) is 0 Å². The summed E-state index contributed by atoms with van der Waals surface area (Å²) in [4.78, 5) is 25.8. The first-order chi connectivity index (χ1) is 9.72. The minimum atomic E-state index is -0.218. The molecule has 1 heterocycles. The molecule has 2 saturated carbocycles. The first kappa shape index (κ1) is 13.9. The highest BCUT2D eigenvalue weighted by Crippen LogP contribution is 2.32. The molecule has 3 aliphatic rings. The zero-order valence-corrected chi connectivity index (χ0v) is 12.2. The van der Waals surface area contributed by atoms with E-state index < -0.39 is 0 Å². The van der Waals surface area contributed by atoms with Crippen LogP contribution in [-0.2, 0) is 14.3 Å². The third-order valence-corrected chi connectivity index (χ3v) is 4.91. The maximum atomic E-state index is 12.1. The van der Waals surface area contributed by atoms with Gasteiger partial charge in [-0.2, -0.15) is 0 Å². The highest BCUT2D eigenvalue weighted by atomic mass is 16.5. The lowest BCUT2D eigenvalue weighted by molar-refractivity contribution is -0.150. The SMILES string of the molecule is O=C(OCC1CCCCC1)[C@H]1CC(=O)N(CC2CC2)C1. The van der Waals surface area contributed by atoms with Gasteiger partial charge in [-0.3, -0.25) is 9.59 Å². The molecule has 1 saturated heterocycles. The summed E-state index contributed by atoms with van der Waals surface area (Å²) in [5, 5.41) is 0. The molecule has 0 radical (unpaired) electrons. The Morgan fingerprint density at radius 3 is 2.55 bits per heavy atom. The summed E-state index contributed by atoms with van der Waals surface area (Å²) in [7, 11) is 0. The van der Waals surface area contributed by atoms with Gasteiger partial charge in [0.25, 0.3) is 0 Å². The molecule has 1 atom stereocenters. The van der Waals surface area contributed by atoms with E-state index in [0.717, 1.165) is 6.54 Å². The number of carbonyl (C=O) groups is 2. The second kappa shape index (κ2) is 6.15. The van der Waals surface area contributed by atoms with Crippen LogP contribution in [0.2, 0.25) is 0 Å². The van der Waals surface area contributed by atoms with Crippen LogP contribution >= 0.6 is 0 Å². The van der Waals surface area contributed by atoms with Crippen LogP contribution in [0.1, 0.15) is 51.4 Å². The molecule has 4 heteroatoms. The maximum Gasteiger partial charge on any atom is 0.311 e. The van der Waals surface area contributed by atoms with Crippen molar-refractivity contribution in [1.82, 2.24) is 4.90 Å². The van der Waals surface area contributed by atoms with Crippen molar-refractivity contribution in [1.29, 1.82) is 0 Å². The Hall–Kier alpha value is -1.06. The Labute approximate surface area is 120 Å². The number of amides is 1. The number of nitrogens with zero attached hydrogens (tertiary/aromatic N) is 1. The lowest BCUT2D eigenvalue weighted by Gasteiger charge is -2.22. The van der Waals surface area contributed by atoms with E-state index in [-0.39, 0.29) is 17.8 Å². The number of esters is 1. The number of hydrogen-bond donors (Lipinski definition) is 0. The Balaban J connectivity index is 1.41. The van der Waals surface area contributed by atoms with E-state index in [4.69, 9.17) is 4.74 Å². The van der Waals surface area contributed by atoms with Gasteiger partial charge in [0, 0.05) is 19.5 Å². The van der Waals surface area contributed by atoms with Gasteiger partial charge in [-0.05, 0) is 37.5 Å². The minimum absolute atomic E-state index is 0.136. The zero-order valence-electron chi connectivity index (χ0n) is 12.2. The quantitative estimate of drug-likeness (QED) is 0.726. The fourth-order valence-corrected chi connectivity index (χ4v) is 3.39. The van der Waals surface area contributed by atoms with Crippen molar-refractivity contribution in [3.63, 3.8) is 0 Å². The van der Waals surface area contributed by atoms with Crippen molar-refractivity contribution >= 4 is 11.9 Å². The molecular weight excluding hydrogens is 254 g/mol. The van der Waals surface area contributed by atoms with Gasteiger partial charge in [-0.25, -0.2) is 0 Å². The molecule has 2 aliphatic carbocycles. The van der Waals surface area contributed by atoms with Crippen LogP contribution in [0.5, 0.6) is 0 Å². The average molecular weight is 279 g/mol. The van der Waals surface area contributed by atoms with Crippen molar-refractivity contribution in [2.75, 3.05) is 19.7 Å². The van der Waals surface area contributed by atoms with Crippen molar-refractivity contribution in [3.8, 4) is 0 Å². The van der Waals surface area contributed by atoms with Crippen molar-refractivity contribution in [2.45, 2.75) is 51.4 Å². The van der Waals surface area contributed by atoms with Gasteiger partial charge in [-0.1, -0.05) is 19.3 Å². The molecule has 0 N–H and O–H groups in total. The molecule has 0 aromatic carbocycles. The topological polar surface area (TPSA) is 46.6 Å². The molecule has 0 unspecified atom stereocenters. The smallest absolute Gasteiger partial charge is 0.311 e. The normalized spacial score (nSPS) is 27.9. The highest BCUT2D eigenvalue weighted by Gasteiger charge is 2.38. The van der Waals surface area contributed by atoms with Gasteiger partial charge in [0.15, 0.2) is 0 Å². The van der Waals surface area contributed by atoms with Crippen LogP contribution in [0, 0.1) is 17.8 Å². The van der Waals surface area contributed by atoms with E-state index >= 15 is 0 Å². The Morgan fingerprint density at radius 2 is 1.85 bits per heavy atom. The summed E-state index contributed by atoms with van der Waals surface area (Å²) in [6.45, 7) is 2.00. The predicted octanol–water partition coefficient (Wildman–Crippen LogP) is 2.37. The van der Waals surface area contributed by atoms with Crippen LogP contribution in [0.3, 0.4) is 0 Å². The van der Waals surface area contributed by atoms with E-state index in [1.807, 2.05) is 4.90 Å². The lowest BCUT2D eigenvalue weighted by Crippen LogP contribution is -2.29. The third kappa shape index (κ3) is 3.53. The second-order valence-electron chi connectivity index (χ2n) is 6.78. The standard InChI is InChI=1S/C16H25NO3/c18-15-8-14(10-17(15)9-12-6-7-12)16(19)20-11-13-4-2-1-3-5-13/h12-14H,1-11H2/t14-/m0/s1. The number of likely N-dealkylation sites (tertiary alicyclic amines) is 1. The molecule has 4 nitrogen and oxygen atoms in total. The molecule has 0 aromatic heterocycles. The summed E-state index contributed by atoms with van der Waals surface area (Å²) >= 11 is 0. The summed E-state index contributed by atoms with van der Waals surface area (Å²) in [6, 6.07) is 0. The fourth-order valence-electron chi connectivity index (χ4n) is 3.39. The Morgan fingerprint density at radius 1 is 1.10 bits per heavy atom. The van der Waals surface area contributed by atoms with Gasteiger partial charge in [0.2, 0.25) is 5.91 Å². The third-order valence-electron chi connectivity index (χ3n) is 4.91. The average Bonchev–Trinajstić information content (AvgIpc) is 3.21. The second-order valence-corrected chi connectivity index (χ2v) is 6.78. The summed E-state index contributed by atoms with van der Waals surface area (Å²) in [5.41, 5.74) is 0. The van der Waals surface area contributed by atoms with E-state index in [2.05, 4.69) is 0 Å². The monoisotopic (exact) mass is 279 g/mol. The van der Waals surface area contributed by atoms with Crippen molar-refractivity contribution < 1.29 is 14.3 Å². The van der Waals surface area contributed by atoms with E-state index in [0.29, 0.717) is 31.4 Å². The molecule has 20 heavy (non-hydrogen) atoms. The summed E-state index contributed by atoms with van der Waals surface area (Å²) < 4.78 is 5.46. The van der Waals surface area contributed by atoms with E-state index in [1.54, 1.807) is 0 Å². The molecular formula is C16H25NO3. The van der Waals surface area contributed by atoms with Crippen LogP contribution in [-0.4, -0.2) is 36.5 Å². The summed E-state index contributed by atoms with van der Waals surface area (Å²) in [6.07, 6.45) is 9.04. The van der Waals surface area contributed by atoms with Gasteiger partial charge in [0.05, 0.1) is 12.5 Å². The molecule has 0 bridgehead atoms. The first-order valence-electron chi connectivity index (χ1n) is 8.17. The Kier molecular flexibility index (Phi) is 4.27. The fraction of sp³-hybridized carbons (Fsp3) is 0.875. The number of hydrogen-bond acceptors (Lipinski definition) is 3. The predicted molar refractivity (Wildman–Crippen MR) is 74.9 cm³/mol. The number of rotatable bonds is 5. The van der Waals surface area contributed by atoms with Crippen LogP contribution in [0.15, 0.2) is 0 Å². The largest absolute Gasteiger partial charge is 0.465 e. The molecule has 3 fully saturated rings. The molecule has 1 amide bonds. The first-order valence-corrected chi connectivity index (χ1v) is 8.17. The van der Waals surface area contributed by atoms with E-state index in [1.165, 1.54) is 44.9 Å². The molecule has 0 aromatic rings. The van der Waals surface area contributed by atoms with Crippen LogP contribution in [0.25, 0.3) is 0 Å². The van der Waals surface area contributed by atoms with Crippen LogP contribution in [0.4, 0.5) is 0 Å². The maximum absolute atomic E-state index is 12.1. The molecule has 3 rings (SSSR count). The van der Waals surface area contributed by atoms with Gasteiger partial charge >= 0.3 is 5.97 Å². The highest BCUT2D eigenvalue weighted by molar-refractivity contribution is 5.86. The lowest BCUT2D eigenvalue weighted by atomic mass is 9.90. The van der Waals surface area contributed by atoms with Crippen LogP contribution < -0.4 is 0 Å². The zero-order chi connectivity index (χ0) is 13.9. The number of ether oxygens (including phenoxy) is 1. The minimum Gasteiger partial charge on any atom is -0.465 e. The van der Waals surface area contributed by atoms with Gasteiger partial charge < -0.3 is 9.64 Å². The summed E-state index contributed by atoms with van der Waals surface area (Å²) in [5.74, 6) is 1.01. The van der Waals surface area contributed by atoms with Crippen molar-refractivity contribution in [3.05, 3.63) is 0 Å².